The summed E-state index contributed by atoms with van der Waals surface area (Å²) in [7, 11) is -3.81. The molecule has 1 saturated carbocycles. The fraction of sp³-hybridized carbons (Fsp3) is 0.630. The molecule has 1 aromatic carbocycles. The predicted molar refractivity (Wildman–Crippen MR) is 135 cm³/mol. The number of hydrogen-bond donors (Lipinski definition) is 1. The van der Waals surface area contributed by atoms with E-state index in [2.05, 4.69) is 64.3 Å². The van der Waals surface area contributed by atoms with Gasteiger partial charge in [-0.25, -0.2) is 13.6 Å². The van der Waals surface area contributed by atoms with Crippen molar-refractivity contribution < 1.29 is 8.42 Å². The Labute approximate surface area is 195 Å². The van der Waals surface area contributed by atoms with Gasteiger partial charge in [-0.2, -0.15) is 0 Å². The molecule has 2 aromatic rings. The summed E-state index contributed by atoms with van der Waals surface area (Å²) in [6.07, 6.45) is 6.23. The minimum Gasteiger partial charge on any atom is -0.343 e. The number of rotatable bonds is 4. The molecule has 0 aliphatic heterocycles. The van der Waals surface area contributed by atoms with Gasteiger partial charge in [0.25, 0.3) is 0 Å². The third kappa shape index (κ3) is 5.14. The third-order valence-electron chi connectivity index (χ3n) is 7.09. The van der Waals surface area contributed by atoms with Crippen LogP contribution in [0.15, 0.2) is 23.1 Å². The van der Waals surface area contributed by atoms with Crippen molar-refractivity contribution in [3.05, 3.63) is 40.6 Å². The summed E-state index contributed by atoms with van der Waals surface area (Å²) in [5, 5.41) is 5.71. The van der Waals surface area contributed by atoms with Gasteiger partial charge in [-0.3, -0.25) is 0 Å². The number of aromatic nitrogens is 1. The second-order valence-corrected chi connectivity index (χ2v) is 13.3. The Hall–Kier alpha value is -1.59. The first-order valence-corrected chi connectivity index (χ1v) is 13.5. The average molecular weight is 459 g/mol. The summed E-state index contributed by atoms with van der Waals surface area (Å²) in [5.74, 6) is 0.578. The van der Waals surface area contributed by atoms with Crippen molar-refractivity contribution >= 4 is 10.0 Å². The Kier molecular flexibility index (Phi) is 6.76. The molecule has 4 nitrogen and oxygen atoms in total. The van der Waals surface area contributed by atoms with Gasteiger partial charge in [0.15, 0.2) is 0 Å². The van der Waals surface area contributed by atoms with E-state index in [1.165, 1.54) is 43.2 Å². The van der Waals surface area contributed by atoms with Crippen LogP contribution in [0.3, 0.4) is 0 Å². The topological polar surface area (TPSA) is 65.1 Å². The van der Waals surface area contributed by atoms with E-state index in [1.807, 2.05) is 13.8 Å². The second kappa shape index (κ2) is 8.64. The molecule has 2 N–H and O–H groups in total. The smallest absolute Gasteiger partial charge is 0.240 e. The van der Waals surface area contributed by atoms with Crippen LogP contribution in [0.4, 0.5) is 0 Å². The lowest BCUT2D eigenvalue weighted by atomic mass is 9.79. The normalized spacial score (nSPS) is 16.5. The van der Waals surface area contributed by atoms with E-state index in [9.17, 15) is 8.42 Å². The van der Waals surface area contributed by atoms with E-state index in [0.29, 0.717) is 10.8 Å². The second-order valence-electron chi connectivity index (χ2n) is 11.8. The van der Waals surface area contributed by atoms with E-state index in [0.717, 1.165) is 29.1 Å². The number of nitrogens with zero attached hydrogens (tertiary/aromatic N) is 1. The van der Waals surface area contributed by atoms with E-state index in [1.54, 1.807) is 0 Å². The average Bonchev–Trinajstić information content (AvgIpc) is 2.90. The molecule has 1 fully saturated rings. The largest absolute Gasteiger partial charge is 0.343 e. The molecule has 0 unspecified atom stereocenters. The number of sulfonamides is 1. The Morgan fingerprint density at radius 1 is 0.906 bits per heavy atom. The lowest BCUT2D eigenvalue weighted by Crippen LogP contribution is -2.18. The van der Waals surface area contributed by atoms with Gasteiger partial charge in [-0.1, -0.05) is 66.9 Å². The van der Waals surface area contributed by atoms with Crippen molar-refractivity contribution in [2.75, 3.05) is 0 Å². The molecule has 0 spiro atoms. The maximum absolute atomic E-state index is 12.6. The van der Waals surface area contributed by atoms with Crippen LogP contribution in [0.5, 0.6) is 0 Å². The van der Waals surface area contributed by atoms with Gasteiger partial charge in [-0.05, 0) is 77.8 Å². The molecule has 0 amide bonds. The summed E-state index contributed by atoms with van der Waals surface area (Å²) in [6, 6.07) is 6.81. The molecule has 178 valence electrons. The number of nitrogens with two attached hydrogens (primary N) is 1. The molecule has 0 saturated heterocycles. The van der Waals surface area contributed by atoms with Crippen LogP contribution in [0.25, 0.3) is 11.3 Å². The third-order valence-corrected chi connectivity index (χ3v) is 8.26. The van der Waals surface area contributed by atoms with E-state index in [4.69, 9.17) is 5.14 Å². The molecule has 1 aliphatic carbocycles. The number of benzene rings is 1. The zero-order valence-electron chi connectivity index (χ0n) is 21.3. The van der Waals surface area contributed by atoms with Gasteiger partial charge in [-0.15, -0.1) is 0 Å². The molecule has 1 heterocycles. The molecule has 0 bridgehead atoms. The van der Waals surface area contributed by atoms with Crippen LogP contribution >= 0.6 is 0 Å². The van der Waals surface area contributed by atoms with Crippen molar-refractivity contribution in [2.24, 2.45) is 11.1 Å². The highest BCUT2D eigenvalue weighted by atomic mass is 32.2. The van der Waals surface area contributed by atoms with Gasteiger partial charge in [0.2, 0.25) is 10.0 Å². The first kappa shape index (κ1) is 25.0. The van der Waals surface area contributed by atoms with Crippen LogP contribution in [0.2, 0.25) is 0 Å². The van der Waals surface area contributed by atoms with E-state index in [-0.39, 0.29) is 10.8 Å². The van der Waals surface area contributed by atoms with Gasteiger partial charge in [0.05, 0.1) is 5.69 Å². The van der Waals surface area contributed by atoms with Crippen LogP contribution < -0.4 is 5.14 Å². The summed E-state index contributed by atoms with van der Waals surface area (Å²) in [5.41, 5.74) is 6.14. The fourth-order valence-corrected chi connectivity index (χ4v) is 6.20. The minimum atomic E-state index is -3.81. The summed E-state index contributed by atoms with van der Waals surface area (Å²) < 4.78 is 27.4. The minimum absolute atomic E-state index is 0.0114. The highest BCUT2D eigenvalue weighted by Crippen LogP contribution is 2.39. The molecule has 1 aromatic heterocycles. The molecule has 5 heteroatoms. The first-order chi connectivity index (χ1) is 14.6. The fourth-order valence-electron chi connectivity index (χ4n) is 5.15. The van der Waals surface area contributed by atoms with Gasteiger partial charge >= 0.3 is 0 Å². The summed E-state index contributed by atoms with van der Waals surface area (Å²) in [4.78, 5) is 0.293. The highest BCUT2D eigenvalue weighted by molar-refractivity contribution is 7.89. The van der Waals surface area contributed by atoms with Crippen LogP contribution in [0, 0.1) is 19.8 Å². The van der Waals surface area contributed by atoms with Crippen molar-refractivity contribution in [1.29, 1.82) is 0 Å². The van der Waals surface area contributed by atoms with Crippen molar-refractivity contribution in [3.8, 4) is 11.3 Å². The molecule has 0 radical (unpaired) electrons. The standard InChI is InChI=1S/C27H42N2O2S/c1-18-24(21-14-22(26(3,4)5)16-23(15-21)27(6,7)8)29(17-20-12-10-9-11-13-20)19(2)25(18)32(28,30)31/h14-16,20H,9-13,17H2,1-8H3,(H2,28,30,31). The maximum atomic E-state index is 12.6. The number of hydrogen-bond acceptors (Lipinski definition) is 2. The predicted octanol–water partition coefficient (Wildman–Crippen LogP) is 6.59. The lowest BCUT2D eigenvalue weighted by molar-refractivity contribution is 0.318. The Morgan fingerprint density at radius 3 is 1.84 bits per heavy atom. The Morgan fingerprint density at radius 2 is 1.41 bits per heavy atom. The summed E-state index contributed by atoms with van der Waals surface area (Å²) >= 11 is 0. The SMILES string of the molecule is Cc1c(S(N)(=O)=O)c(C)n(CC2CCCCC2)c1-c1cc(C(C)(C)C)cc(C(C)(C)C)c1. The zero-order chi connectivity index (χ0) is 24.1. The van der Waals surface area contributed by atoms with Crippen molar-refractivity contribution in [3.63, 3.8) is 0 Å². The van der Waals surface area contributed by atoms with Crippen molar-refractivity contribution in [1.82, 2.24) is 4.57 Å². The van der Waals surface area contributed by atoms with Gasteiger partial charge in [0, 0.05) is 12.2 Å². The first-order valence-electron chi connectivity index (χ1n) is 12.0. The quantitative estimate of drug-likeness (QED) is 0.561. The van der Waals surface area contributed by atoms with E-state index >= 15 is 0 Å². The van der Waals surface area contributed by atoms with Crippen LogP contribution in [-0.2, 0) is 27.4 Å². The molecular weight excluding hydrogens is 416 g/mol. The molecule has 3 rings (SSSR count). The molecule has 1 aliphatic rings. The lowest BCUT2D eigenvalue weighted by Gasteiger charge is -2.28. The zero-order valence-corrected chi connectivity index (χ0v) is 22.1. The van der Waals surface area contributed by atoms with Crippen LogP contribution in [-0.4, -0.2) is 13.0 Å². The molecule has 0 atom stereocenters. The van der Waals surface area contributed by atoms with E-state index < -0.39 is 10.0 Å². The number of primary sulfonamides is 1. The van der Waals surface area contributed by atoms with Crippen LogP contribution in [0.1, 0.15) is 96.0 Å². The Balaban J connectivity index is 2.30. The monoisotopic (exact) mass is 458 g/mol. The molecule has 32 heavy (non-hydrogen) atoms. The Bertz CT molecular complexity index is 1060. The van der Waals surface area contributed by atoms with Gasteiger partial charge in [0.1, 0.15) is 4.90 Å². The summed E-state index contributed by atoms with van der Waals surface area (Å²) in [6.45, 7) is 18.1. The highest BCUT2D eigenvalue weighted by Gasteiger charge is 2.29. The molecular formula is C27H42N2O2S. The van der Waals surface area contributed by atoms with Gasteiger partial charge < -0.3 is 4.57 Å². The van der Waals surface area contributed by atoms with Crippen molar-refractivity contribution in [2.45, 2.75) is 110 Å². The maximum Gasteiger partial charge on any atom is 0.240 e.